The van der Waals surface area contributed by atoms with Crippen molar-refractivity contribution in [2.45, 2.75) is 21.6 Å². The molecule has 0 amide bonds. The van der Waals surface area contributed by atoms with Crippen molar-refractivity contribution in [3.63, 3.8) is 0 Å². The van der Waals surface area contributed by atoms with Crippen molar-refractivity contribution in [3.8, 4) is 28.7 Å². The molecule has 0 bridgehead atoms. The lowest BCUT2D eigenvalue weighted by molar-refractivity contribution is 0.422. The average molecular weight is 1640 g/mol. The van der Waals surface area contributed by atoms with Crippen LogP contribution in [0.1, 0.15) is 5.69 Å². The summed E-state index contributed by atoms with van der Waals surface area (Å²) in [4.78, 5) is 7.23. The van der Waals surface area contributed by atoms with E-state index in [1.165, 1.54) is 98.1 Å². The first kappa shape index (κ1) is 76.4. The number of hydrogen-bond donors (Lipinski definition) is 7. The van der Waals surface area contributed by atoms with Crippen LogP contribution in [0.3, 0.4) is 0 Å². The number of aromatic nitrogens is 5. The van der Waals surface area contributed by atoms with Crippen LogP contribution in [0.4, 0.5) is 54.9 Å². The number of fused-ring (bicyclic) bond motifs is 3. The van der Waals surface area contributed by atoms with E-state index in [9.17, 15) is 45.7 Å². The summed E-state index contributed by atoms with van der Waals surface area (Å²) in [5.74, 6) is -0.645. The Hall–Kier alpha value is -8.75. The van der Waals surface area contributed by atoms with Gasteiger partial charge in [-0.1, -0.05) is 111 Å². The van der Waals surface area contributed by atoms with Gasteiger partial charge in [0.05, 0.1) is 103 Å². The fraction of sp³-hybridized carbons (Fsp3) is 0.0345. The molecule has 8 aromatic carbocycles. The lowest BCUT2D eigenvalue weighted by Crippen LogP contribution is -2.11. The molecule has 101 heavy (non-hydrogen) atoms. The summed E-state index contributed by atoms with van der Waals surface area (Å²) in [6.45, 7) is 9.11. The van der Waals surface area contributed by atoms with Gasteiger partial charge in [-0.05, 0) is 145 Å². The first-order valence-corrected chi connectivity index (χ1v) is 37.0. The monoisotopic (exact) mass is 1630 g/mol. The molecule has 0 aliphatic carbocycles. The van der Waals surface area contributed by atoms with E-state index in [0.717, 1.165) is 46.7 Å². The number of halogens is 8. The van der Waals surface area contributed by atoms with E-state index in [2.05, 4.69) is 69.0 Å². The largest absolute Gasteiger partial charge is 0.506 e. The minimum atomic E-state index is -3.88. The van der Waals surface area contributed by atoms with E-state index in [1.807, 2.05) is 30.3 Å². The van der Waals surface area contributed by atoms with E-state index in [4.69, 9.17) is 120 Å². The summed E-state index contributed by atoms with van der Waals surface area (Å²) < 4.78 is 87.7. The van der Waals surface area contributed by atoms with E-state index < -0.39 is 30.1 Å². The number of benzene rings is 8. The Morgan fingerprint density at radius 1 is 0.495 bits per heavy atom. The normalized spacial score (nSPS) is 12.0. The number of phenolic OH excluding ortho intramolecular Hbond substituents is 4. The highest BCUT2D eigenvalue weighted by atomic mass is 35.5. The molecule has 29 nitrogen and oxygen atoms in total. The maximum atomic E-state index is 11.6. The van der Waals surface area contributed by atoms with E-state index in [-0.39, 0.29) is 94.9 Å². The van der Waals surface area contributed by atoms with Crippen molar-refractivity contribution >= 4 is 252 Å². The van der Waals surface area contributed by atoms with Crippen LogP contribution < -0.4 is 15.4 Å². The standard InChI is InChI=1S/C17H11Cl2N5O.C15H11Cl2N5O4S2.2C13H8Cl2N4O3S2/c1-10-15(20-2)17(24(23-10)12-6-4-3-5-7-12)22-21-11-8-13(18)16(25)14(19)9-11;1-26-6-19-11-5-10(12(16)13(17)14(11)23)20-21-15-8-4-7(28(18,24)25)2-3-9(8)22-27-15;14-9-3-6(4-10(15)12(9)20)17-18-13-8-5-7(24(16,21)22)1-2-11(8)19-23-13;14-8-5-12(20)9(15)4-11(8)17-18-13-7-3-6(24(16,21)22)1-2-10(7)19-23-13/h3-9,25H,1H3;2-6,23H,1H3,(H2,18,24,25);2*1-5,20H,(H2,16,21,22). The summed E-state index contributed by atoms with van der Waals surface area (Å²) in [6, 6.07) is 31.8. The number of hydrogen-bond acceptors (Lipinski definition) is 27. The molecular weight excluding hydrogens is 1600 g/mol. The molecule has 0 saturated carbocycles. The van der Waals surface area contributed by atoms with Gasteiger partial charge in [-0.2, -0.15) is 23.3 Å². The number of nitrogens with zero attached hydrogens (tertiary/aromatic N) is 15. The van der Waals surface area contributed by atoms with E-state index >= 15 is 0 Å². The number of aryl methyl sites for hydroxylation is 1. The molecule has 0 unspecified atom stereocenters. The van der Waals surface area contributed by atoms with Crippen molar-refractivity contribution < 1.29 is 50.4 Å². The van der Waals surface area contributed by atoms with Crippen LogP contribution in [0.15, 0.2) is 188 Å². The van der Waals surface area contributed by atoms with Gasteiger partial charge in [0.2, 0.25) is 30.1 Å². The van der Waals surface area contributed by atoms with Gasteiger partial charge in [0.1, 0.15) is 27.8 Å². The summed E-state index contributed by atoms with van der Waals surface area (Å²) in [5, 5.41) is 93.7. The molecular formula is C58H38Cl8N18O11S6. The Kier molecular flexibility index (Phi) is 24.6. The highest BCUT2D eigenvalue weighted by Gasteiger charge is 2.21. The van der Waals surface area contributed by atoms with Gasteiger partial charge in [0.25, 0.3) is 5.69 Å². The SMILES string of the molecule is COC=Nc1cc(N=Nc2snc3ccc(S(N)(=O)=O)cc23)c(Cl)c(Cl)c1O.NS(=O)(=O)c1ccc2nsc(N=Nc3cc(Cl)c(O)c(Cl)c3)c2c1.NS(=O)(=O)c1ccc2nsc(N=Nc3cc(Cl)c(O)cc3Cl)c2c1.[C-]#[N+]c1c(C)nn(-c2ccccc2)c1N=Nc1cc(Cl)c(O)c(Cl)c1. The van der Waals surface area contributed by atoms with Crippen molar-refractivity contribution in [3.05, 3.63) is 185 Å². The third-order valence-corrected chi connectivity index (χ3v) is 20.5. The quantitative estimate of drug-likeness (QED) is 0.0230. The van der Waals surface area contributed by atoms with Gasteiger partial charge in [0, 0.05) is 22.2 Å². The zero-order valence-corrected chi connectivity index (χ0v) is 61.2. The number of aliphatic imine (C=N–C) groups is 1. The van der Waals surface area contributed by atoms with Gasteiger partial charge in [-0.15, -0.1) is 35.8 Å². The first-order chi connectivity index (χ1) is 47.7. The average Bonchev–Trinajstić information content (AvgIpc) is 1.75. The predicted molar refractivity (Wildman–Crippen MR) is 392 cm³/mol. The zero-order valence-electron chi connectivity index (χ0n) is 50.3. The lowest BCUT2D eigenvalue weighted by atomic mass is 10.2. The second kappa shape index (κ2) is 32.5. The summed E-state index contributed by atoms with van der Waals surface area (Å²) in [7, 11) is -10.1. The second-order valence-corrected chi connectivity index (χ2v) is 29.8. The fourth-order valence-electron chi connectivity index (χ4n) is 8.05. The van der Waals surface area contributed by atoms with Crippen LogP contribution in [-0.2, 0) is 34.8 Å². The molecule has 0 spiro atoms. The lowest BCUT2D eigenvalue weighted by Gasteiger charge is -2.05. The Labute approximate surface area is 622 Å². The molecule has 0 aliphatic heterocycles. The van der Waals surface area contributed by atoms with Crippen LogP contribution in [0.5, 0.6) is 23.0 Å². The zero-order chi connectivity index (χ0) is 73.4. The van der Waals surface area contributed by atoms with Gasteiger partial charge >= 0.3 is 0 Å². The first-order valence-electron chi connectivity index (χ1n) is 27.0. The summed E-state index contributed by atoms with van der Waals surface area (Å²) >= 11 is 50.4. The Balaban J connectivity index is 0.000000157. The minimum Gasteiger partial charge on any atom is -0.506 e. The second-order valence-electron chi connectivity index (χ2n) is 19.7. The minimum absolute atomic E-state index is 0.0293. The smallest absolute Gasteiger partial charge is 0.255 e. The molecule has 12 aromatic rings. The van der Waals surface area contributed by atoms with Crippen LogP contribution >= 0.6 is 127 Å². The maximum Gasteiger partial charge on any atom is 0.255 e. The van der Waals surface area contributed by atoms with E-state index in [0.29, 0.717) is 76.3 Å². The maximum absolute atomic E-state index is 11.6. The Bertz CT molecular complexity index is 5760. The van der Waals surface area contributed by atoms with Crippen molar-refractivity contribution in [1.29, 1.82) is 0 Å². The van der Waals surface area contributed by atoms with Crippen molar-refractivity contribution in [2.75, 3.05) is 7.11 Å². The number of primary sulfonamides is 3. The number of nitrogens with two attached hydrogens (primary N) is 3. The number of para-hydroxylation sites is 1. The number of sulfonamides is 3. The number of aromatic hydroxyl groups is 4. The highest BCUT2D eigenvalue weighted by molar-refractivity contribution is 7.89. The molecule has 0 saturated heterocycles. The Morgan fingerprint density at radius 2 is 0.921 bits per heavy atom. The van der Waals surface area contributed by atoms with Gasteiger partial charge in [0.15, 0.2) is 44.5 Å². The number of rotatable bonds is 14. The number of phenols is 4. The van der Waals surface area contributed by atoms with Crippen molar-refractivity contribution in [1.82, 2.24) is 22.9 Å². The number of ether oxygens (including phenoxy) is 1. The van der Waals surface area contributed by atoms with Crippen LogP contribution in [0.2, 0.25) is 40.2 Å². The van der Waals surface area contributed by atoms with Crippen LogP contribution in [0, 0.1) is 13.5 Å². The molecule has 4 aromatic heterocycles. The third-order valence-electron chi connectivity index (χ3n) is 12.9. The molecule has 0 fully saturated rings. The van der Waals surface area contributed by atoms with Gasteiger partial charge in [-0.3, -0.25) is 0 Å². The third kappa shape index (κ3) is 18.7. The topological polar surface area (TPSA) is 443 Å². The molecule has 0 atom stereocenters. The van der Waals surface area contributed by atoms with Crippen LogP contribution in [-0.4, -0.2) is 82.1 Å². The number of azo groups is 4. The molecule has 518 valence electrons. The molecule has 10 N–H and O–H groups in total. The summed E-state index contributed by atoms with van der Waals surface area (Å²) in [6.07, 6.45) is 1.10. The predicted octanol–water partition coefficient (Wildman–Crippen LogP) is 19.6. The molecule has 4 heterocycles. The Morgan fingerprint density at radius 3 is 1.35 bits per heavy atom. The highest BCUT2D eigenvalue weighted by Crippen LogP contribution is 2.47. The molecule has 12 rings (SSSR count). The summed E-state index contributed by atoms with van der Waals surface area (Å²) in [5.41, 5.74) is 4.44. The van der Waals surface area contributed by atoms with Gasteiger partial charge in [-0.25, -0.2) is 55.2 Å². The molecule has 43 heteroatoms. The van der Waals surface area contributed by atoms with E-state index in [1.54, 1.807) is 17.7 Å². The van der Waals surface area contributed by atoms with Crippen LogP contribution in [0.25, 0.3) is 43.2 Å². The van der Waals surface area contributed by atoms with Crippen molar-refractivity contribution in [2.24, 2.45) is 61.3 Å². The molecule has 0 aliphatic rings. The molecule has 0 radical (unpaired) electrons. The fourth-order valence-corrected chi connectivity index (χ4v) is 13.4. The van der Waals surface area contributed by atoms with Gasteiger partial charge < -0.3 is 25.2 Å². The number of methoxy groups -OCH3 is 1.